The van der Waals surface area contributed by atoms with E-state index in [0.29, 0.717) is 6.54 Å². The third-order valence-corrected chi connectivity index (χ3v) is 9.25. The van der Waals surface area contributed by atoms with Crippen LogP contribution in [0.15, 0.2) is 109 Å². The van der Waals surface area contributed by atoms with E-state index >= 15 is 0 Å². The Labute approximate surface area is 280 Å². The molecule has 0 aliphatic carbocycles. The number of benzene rings is 5. The van der Waals surface area contributed by atoms with Crippen molar-refractivity contribution in [2.24, 2.45) is 5.92 Å². The number of methoxy groups -OCH3 is 1. The number of ether oxygens (including phenoxy) is 1. The SMILES string of the molecule is COC(=O)N[C@H](C(=O)N1CCC[C@H]1c1nc2ccc(-c3cccc4c(-c5ccccc5Nc5ccccc5)cccc34)cc2[nH]1)C(C)C. The van der Waals surface area contributed by atoms with Gasteiger partial charge in [0.2, 0.25) is 5.91 Å². The lowest BCUT2D eigenvalue weighted by molar-refractivity contribution is -0.135. The van der Waals surface area contributed by atoms with E-state index in [4.69, 9.17) is 9.72 Å². The third-order valence-electron chi connectivity index (χ3n) is 9.25. The molecule has 7 rings (SSSR count). The van der Waals surface area contributed by atoms with Crippen LogP contribution >= 0.6 is 0 Å². The van der Waals surface area contributed by atoms with E-state index in [9.17, 15) is 9.59 Å². The molecule has 2 atom stereocenters. The molecule has 0 saturated carbocycles. The molecule has 1 aromatic heterocycles. The van der Waals surface area contributed by atoms with Gasteiger partial charge in [0.25, 0.3) is 0 Å². The normalized spacial score (nSPS) is 15.2. The van der Waals surface area contributed by atoms with E-state index in [-0.39, 0.29) is 17.9 Å². The van der Waals surface area contributed by atoms with Crippen LogP contribution in [-0.4, -0.2) is 46.6 Å². The number of aromatic nitrogens is 2. The number of amides is 2. The van der Waals surface area contributed by atoms with Crippen molar-refractivity contribution in [3.63, 3.8) is 0 Å². The van der Waals surface area contributed by atoms with Crippen molar-refractivity contribution < 1.29 is 14.3 Å². The summed E-state index contributed by atoms with van der Waals surface area (Å²) in [4.78, 5) is 36.0. The van der Waals surface area contributed by atoms with Crippen LogP contribution in [0.2, 0.25) is 0 Å². The lowest BCUT2D eigenvalue weighted by Crippen LogP contribution is -2.51. The van der Waals surface area contributed by atoms with Gasteiger partial charge in [-0.15, -0.1) is 0 Å². The Morgan fingerprint density at radius 1 is 0.854 bits per heavy atom. The zero-order chi connectivity index (χ0) is 33.2. The quantitative estimate of drug-likeness (QED) is 0.155. The Kier molecular flexibility index (Phi) is 8.55. The number of hydrogen-bond acceptors (Lipinski definition) is 5. The maximum atomic E-state index is 13.7. The van der Waals surface area contributed by atoms with Crippen LogP contribution in [0.3, 0.4) is 0 Å². The Hall–Kier alpha value is -5.63. The Balaban J connectivity index is 1.21. The van der Waals surface area contributed by atoms with E-state index in [2.05, 4.69) is 101 Å². The molecule has 0 bridgehead atoms. The van der Waals surface area contributed by atoms with Crippen LogP contribution in [0.5, 0.6) is 0 Å². The molecule has 0 unspecified atom stereocenters. The number of nitrogens with one attached hydrogen (secondary N) is 3. The molecule has 2 amide bonds. The molecule has 1 aliphatic heterocycles. The molecule has 1 fully saturated rings. The molecule has 242 valence electrons. The highest BCUT2D eigenvalue weighted by atomic mass is 16.5. The summed E-state index contributed by atoms with van der Waals surface area (Å²) < 4.78 is 4.78. The minimum atomic E-state index is -0.675. The van der Waals surface area contributed by atoms with Gasteiger partial charge in [0.15, 0.2) is 0 Å². The van der Waals surface area contributed by atoms with E-state index in [1.165, 1.54) is 12.5 Å². The lowest BCUT2D eigenvalue weighted by atomic mass is 9.92. The van der Waals surface area contributed by atoms with Gasteiger partial charge in [-0.25, -0.2) is 9.78 Å². The molecule has 1 saturated heterocycles. The van der Waals surface area contributed by atoms with E-state index < -0.39 is 12.1 Å². The maximum Gasteiger partial charge on any atom is 0.407 e. The van der Waals surface area contributed by atoms with Gasteiger partial charge in [-0.3, -0.25) is 4.79 Å². The van der Waals surface area contributed by atoms with Gasteiger partial charge < -0.3 is 25.3 Å². The molecule has 48 heavy (non-hydrogen) atoms. The topological polar surface area (TPSA) is 99.3 Å². The fourth-order valence-corrected chi connectivity index (χ4v) is 6.85. The van der Waals surface area contributed by atoms with Gasteiger partial charge in [0.1, 0.15) is 11.9 Å². The number of fused-ring (bicyclic) bond motifs is 2. The van der Waals surface area contributed by atoms with Gasteiger partial charge in [-0.2, -0.15) is 0 Å². The number of carbonyl (C=O) groups excluding carboxylic acids is 2. The van der Waals surface area contributed by atoms with Gasteiger partial charge in [0, 0.05) is 23.5 Å². The van der Waals surface area contributed by atoms with Crippen LogP contribution in [0.1, 0.15) is 38.6 Å². The maximum absolute atomic E-state index is 13.7. The van der Waals surface area contributed by atoms with Crippen LogP contribution in [-0.2, 0) is 9.53 Å². The summed E-state index contributed by atoms with van der Waals surface area (Å²) in [5, 5.41) is 8.65. The summed E-state index contributed by atoms with van der Waals surface area (Å²) in [6, 6.07) is 37.0. The minimum absolute atomic E-state index is 0.0918. The Bertz CT molecular complexity index is 2110. The number of imidazole rings is 1. The molecule has 1 aliphatic rings. The van der Waals surface area contributed by atoms with E-state index in [1.807, 2.05) is 43.0 Å². The third kappa shape index (κ3) is 5.97. The predicted molar refractivity (Wildman–Crippen MR) is 192 cm³/mol. The highest BCUT2D eigenvalue weighted by Crippen LogP contribution is 2.39. The minimum Gasteiger partial charge on any atom is -0.453 e. The van der Waals surface area contributed by atoms with Crippen molar-refractivity contribution in [1.82, 2.24) is 20.2 Å². The predicted octanol–water partition coefficient (Wildman–Crippen LogP) is 8.84. The number of rotatable bonds is 8. The highest BCUT2D eigenvalue weighted by Gasteiger charge is 2.37. The molecule has 8 nitrogen and oxygen atoms in total. The Morgan fingerprint density at radius 3 is 2.33 bits per heavy atom. The first-order valence-corrected chi connectivity index (χ1v) is 16.5. The molecule has 6 aromatic rings. The van der Waals surface area contributed by atoms with Crippen LogP contribution in [0, 0.1) is 5.92 Å². The Morgan fingerprint density at radius 2 is 1.56 bits per heavy atom. The largest absolute Gasteiger partial charge is 0.453 e. The number of para-hydroxylation sites is 2. The summed E-state index contributed by atoms with van der Waals surface area (Å²) >= 11 is 0. The average Bonchev–Trinajstić information content (AvgIpc) is 3.78. The number of anilines is 2. The second-order valence-corrected chi connectivity index (χ2v) is 12.6. The lowest BCUT2D eigenvalue weighted by Gasteiger charge is -2.29. The molecule has 8 heteroatoms. The zero-order valence-electron chi connectivity index (χ0n) is 27.4. The summed E-state index contributed by atoms with van der Waals surface area (Å²) in [7, 11) is 1.30. The van der Waals surface area contributed by atoms with Gasteiger partial charge in [-0.1, -0.05) is 92.7 Å². The summed E-state index contributed by atoms with van der Waals surface area (Å²) in [6.07, 6.45) is 1.06. The molecule has 0 spiro atoms. The fraction of sp³-hybridized carbons (Fsp3) is 0.225. The molecular weight excluding hydrogens is 598 g/mol. The van der Waals surface area contributed by atoms with Gasteiger partial charge in [-0.05, 0) is 76.6 Å². The van der Waals surface area contributed by atoms with E-state index in [0.717, 1.165) is 68.7 Å². The van der Waals surface area contributed by atoms with Crippen molar-refractivity contribution in [2.75, 3.05) is 19.0 Å². The van der Waals surface area contributed by atoms with Crippen molar-refractivity contribution in [2.45, 2.75) is 38.8 Å². The van der Waals surface area contributed by atoms with Crippen LogP contribution < -0.4 is 10.6 Å². The van der Waals surface area contributed by atoms with Crippen LogP contribution in [0.4, 0.5) is 16.2 Å². The number of carbonyl (C=O) groups is 2. The number of H-pyrrole nitrogens is 1. The molecular formula is C40H39N5O3. The first-order chi connectivity index (χ1) is 23.4. The van der Waals surface area contributed by atoms with Crippen molar-refractivity contribution in [3.05, 3.63) is 115 Å². The van der Waals surface area contributed by atoms with Gasteiger partial charge in [0.05, 0.1) is 24.2 Å². The molecule has 0 radical (unpaired) electrons. The smallest absolute Gasteiger partial charge is 0.407 e. The molecule has 3 N–H and O–H groups in total. The second-order valence-electron chi connectivity index (χ2n) is 12.6. The number of alkyl carbamates (subject to hydrolysis) is 1. The van der Waals surface area contributed by atoms with Crippen LogP contribution in [0.25, 0.3) is 44.1 Å². The number of nitrogens with zero attached hydrogens (tertiary/aromatic N) is 2. The number of likely N-dealkylation sites (tertiary alicyclic amines) is 1. The summed E-state index contributed by atoms with van der Waals surface area (Å²) in [6.45, 7) is 4.45. The number of aromatic amines is 1. The van der Waals surface area contributed by atoms with Crippen molar-refractivity contribution in [3.8, 4) is 22.3 Å². The van der Waals surface area contributed by atoms with Gasteiger partial charge >= 0.3 is 6.09 Å². The first kappa shape index (κ1) is 31.0. The molecule has 5 aromatic carbocycles. The zero-order valence-corrected chi connectivity index (χ0v) is 27.4. The second kappa shape index (κ2) is 13.2. The monoisotopic (exact) mass is 637 g/mol. The summed E-state index contributed by atoms with van der Waals surface area (Å²) in [5.41, 5.74) is 8.36. The fourth-order valence-electron chi connectivity index (χ4n) is 6.85. The summed E-state index contributed by atoms with van der Waals surface area (Å²) in [5.74, 6) is 0.549. The average molecular weight is 638 g/mol. The van der Waals surface area contributed by atoms with Crippen molar-refractivity contribution in [1.29, 1.82) is 0 Å². The first-order valence-electron chi connectivity index (χ1n) is 16.5. The standard InChI is InChI=1S/C40H39N5O3/c1-25(2)37(44-40(47)48-3)39(46)45-23-11-20-36(45)38-42-34-22-21-26(24-35(34)43-38)28-15-9-17-30-29(28)16-10-18-31(30)32-14-7-8-19-33(32)41-27-12-5-4-6-13-27/h4-10,12-19,21-22,24-25,36-37,41H,11,20,23H2,1-3H3,(H,42,43)(H,44,47)/t36-,37-/m0/s1. The van der Waals surface area contributed by atoms with Crippen molar-refractivity contribution >= 4 is 45.2 Å². The number of hydrogen-bond donors (Lipinski definition) is 3. The van der Waals surface area contributed by atoms with E-state index in [1.54, 1.807) is 0 Å². The molecule has 2 heterocycles. The highest BCUT2D eigenvalue weighted by molar-refractivity contribution is 6.06.